The average molecular weight is 337 g/mol. The second kappa shape index (κ2) is 6.40. The van der Waals surface area contributed by atoms with Crippen molar-refractivity contribution in [2.75, 3.05) is 20.7 Å². The molecule has 2 aromatic heterocycles. The number of nitrogens with zero attached hydrogens (tertiary/aromatic N) is 5. The van der Waals surface area contributed by atoms with Crippen LogP contribution < -0.4 is 0 Å². The van der Waals surface area contributed by atoms with E-state index in [2.05, 4.69) is 15.0 Å². The average Bonchev–Trinajstić information content (AvgIpc) is 3.10. The number of carbonyl (C=O) groups excluding carboxylic acids is 1. The number of hydrogen-bond donors (Lipinski definition) is 3. The van der Waals surface area contributed by atoms with Crippen LogP contribution >= 0.6 is 0 Å². The molecule has 3 rings (SSSR count). The standard InChI is InChI=1S/C14H19N5O5/c1-18(2)9(21)3-7-10-13(16-5-15-7)19(6-17-10)14-12(23)11(22)8(4-20)24-14/h5-6,8,11-12,14,20,22-23H,3-4H2,1-2H3/t8-,11-,12-,14-/m1/s1. The van der Waals surface area contributed by atoms with Gasteiger partial charge in [-0.25, -0.2) is 15.0 Å². The van der Waals surface area contributed by atoms with Crippen LogP contribution in [0.25, 0.3) is 11.2 Å². The Bertz CT molecular complexity index is 748. The summed E-state index contributed by atoms with van der Waals surface area (Å²) < 4.78 is 6.95. The Labute approximate surface area is 137 Å². The number of likely N-dealkylation sites (N-methyl/N-ethyl adjacent to an activating group) is 1. The summed E-state index contributed by atoms with van der Waals surface area (Å²) in [4.78, 5) is 25.8. The second-order valence-electron chi connectivity index (χ2n) is 5.84. The third-order valence-corrected chi connectivity index (χ3v) is 4.04. The zero-order valence-corrected chi connectivity index (χ0v) is 13.3. The normalized spacial score (nSPS) is 26.9. The van der Waals surface area contributed by atoms with Crippen LogP contribution in [0.2, 0.25) is 0 Å². The third-order valence-electron chi connectivity index (χ3n) is 4.04. The van der Waals surface area contributed by atoms with E-state index in [-0.39, 0.29) is 12.3 Å². The van der Waals surface area contributed by atoms with Crippen molar-refractivity contribution in [1.82, 2.24) is 24.4 Å². The van der Waals surface area contributed by atoms with E-state index in [4.69, 9.17) is 4.74 Å². The van der Waals surface area contributed by atoms with Crippen LogP contribution in [-0.2, 0) is 16.0 Å². The number of aliphatic hydroxyl groups is 3. The molecule has 0 radical (unpaired) electrons. The summed E-state index contributed by atoms with van der Waals surface area (Å²) in [5.74, 6) is -0.127. The topological polar surface area (TPSA) is 134 Å². The van der Waals surface area contributed by atoms with Gasteiger partial charge in [0.1, 0.15) is 30.2 Å². The number of fused-ring (bicyclic) bond motifs is 1. The first-order valence-electron chi connectivity index (χ1n) is 7.43. The minimum atomic E-state index is -1.23. The quantitative estimate of drug-likeness (QED) is 0.587. The van der Waals surface area contributed by atoms with Crippen LogP contribution in [0.4, 0.5) is 0 Å². The summed E-state index contributed by atoms with van der Waals surface area (Å²) in [6, 6.07) is 0. The molecule has 1 fully saturated rings. The van der Waals surface area contributed by atoms with E-state index in [1.807, 2.05) is 0 Å². The number of aromatic nitrogens is 4. The molecule has 24 heavy (non-hydrogen) atoms. The summed E-state index contributed by atoms with van der Waals surface area (Å²) in [6.45, 7) is -0.418. The lowest BCUT2D eigenvalue weighted by atomic mass is 10.1. The Morgan fingerprint density at radius 3 is 2.67 bits per heavy atom. The summed E-state index contributed by atoms with van der Waals surface area (Å²) >= 11 is 0. The molecular formula is C14H19N5O5. The van der Waals surface area contributed by atoms with Crippen LogP contribution in [0, 0.1) is 0 Å². The zero-order chi connectivity index (χ0) is 17.4. The van der Waals surface area contributed by atoms with E-state index in [1.54, 1.807) is 14.1 Å². The van der Waals surface area contributed by atoms with Crippen molar-refractivity contribution >= 4 is 17.1 Å². The summed E-state index contributed by atoms with van der Waals surface area (Å²) in [6.07, 6.45) is -1.49. The maximum atomic E-state index is 11.9. The second-order valence-corrected chi connectivity index (χ2v) is 5.84. The maximum Gasteiger partial charge on any atom is 0.228 e. The molecule has 0 saturated carbocycles. The number of carbonyl (C=O) groups is 1. The largest absolute Gasteiger partial charge is 0.394 e. The smallest absolute Gasteiger partial charge is 0.228 e. The Hall–Kier alpha value is -2.14. The van der Waals surface area contributed by atoms with Crippen LogP contribution in [0.1, 0.15) is 11.9 Å². The van der Waals surface area contributed by atoms with Crippen LogP contribution in [0.5, 0.6) is 0 Å². The third kappa shape index (κ3) is 2.73. The molecular weight excluding hydrogens is 318 g/mol. The highest BCUT2D eigenvalue weighted by Crippen LogP contribution is 2.31. The number of imidazole rings is 1. The van der Waals surface area contributed by atoms with Crippen molar-refractivity contribution in [3.63, 3.8) is 0 Å². The molecule has 1 saturated heterocycles. The summed E-state index contributed by atoms with van der Waals surface area (Å²) in [5, 5.41) is 29.2. The van der Waals surface area contributed by atoms with E-state index in [9.17, 15) is 20.1 Å². The highest BCUT2D eigenvalue weighted by Gasteiger charge is 2.44. The molecule has 4 atom stereocenters. The summed E-state index contributed by atoms with van der Waals surface area (Å²) in [5.41, 5.74) is 1.26. The van der Waals surface area contributed by atoms with Gasteiger partial charge in [-0.05, 0) is 0 Å². The molecule has 3 N–H and O–H groups in total. The molecule has 0 spiro atoms. The minimum absolute atomic E-state index is 0.0685. The fourth-order valence-electron chi connectivity index (χ4n) is 2.63. The van der Waals surface area contributed by atoms with Gasteiger partial charge in [0.15, 0.2) is 11.9 Å². The van der Waals surface area contributed by atoms with Crippen molar-refractivity contribution in [1.29, 1.82) is 0 Å². The monoisotopic (exact) mass is 337 g/mol. The van der Waals surface area contributed by atoms with Crippen molar-refractivity contribution in [3.8, 4) is 0 Å². The Morgan fingerprint density at radius 1 is 1.29 bits per heavy atom. The van der Waals surface area contributed by atoms with Crippen LogP contribution in [0.15, 0.2) is 12.7 Å². The molecule has 0 aliphatic carbocycles. The van der Waals surface area contributed by atoms with Gasteiger partial charge in [0.2, 0.25) is 5.91 Å². The van der Waals surface area contributed by atoms with Crippen LogP contribution in [-0.4, -0.2) is 84.7 Å². The first-order chi connectivity index (χ1) is 11.4. The number of rotatable bonds is 4. The van der Waals surface area contributed by atoms with E-state index < -0.39 is 31.1 Å². The minimum Gasteiger partial charge on any atom is -0.394 e. The summed E-state index contributed by atoms with van der Waals surface area (Å²) in [7, 11) is 3.30. The van der Waals surface area contributed by atoms with Gasteiger partial charge in [0.05, 0.1) is 25.0 Å². The van der Waals surface area contributed by atoms with Crippen molar-refractivity contribution in [3.05, 3.63) is 18.3 Å². The predicted octanol–water partition coefficient (Wildman–Crippen LogP) is -1.93. The molecule has 1 amide bonds. The van der Waals surface area contributed by atoms with E-state index in [0.717, 1.165) is 0 Å². The highest BCUT2D eigenvalue weighted by atomic mass is 16.6. The molecule has 3 heterocycles. The Morgan fingerprint density at radius 2 is 2.04 bits per heavy atom. The fraction of sp³-hybridized carbons (Fsp3) is 0.571. The van der Waals surface area contributed by atoms with E-state index in [0.29, 0.717) is 16.9 Å². The highest BCUT2D eigenvalue weighted by molar-refractivity contribution is 5.83. The zero-order valence-electron chi connectivity index (χ0n) is 13.3. The lowest BCUT2D eigenvalue weighted by Gasteiger charge is -2.16. The number of amides is 1. The fourth-order valence-corrected chi connectivity index (χ4v) is 2.63. The first-order valence-corrected chi connectivity index (χ1v) is 7.43. The molecule has 0 bridgehead atoms. The van der Waals surface area contributed by atoms with Gasteiger partial charge in [-0.15, -0.1) is 0 Å². The van der Waals surface area contributed by atoms with Gasteiger partial charge in [0, 0.05) is 14.1 Å². The van der Waals surface area contributed by atoms with Crippen molar-refractivity contribution < 1.29 is 24.9 Å². The van der Waals surface area contributed by atoms with Gasteiger partial charge in [-0.3, -0.25) is 9.36 Å². The Kier molecular flexibility index (Phi) is 4.45. The van der Waals surface area contributed by atoms with Crippen LogP contribution in [0.3, 0.4) is 0 Å². The van der Waals surface area contributed by atoms with Gasteiger partial charge in [0.25, 0.3) is 0 Å². The molecule has 10 heteroatoms. The van der Waals surface area contributed by atoms with Crippen molar-refractivity contribution in [2.24, 2.45) is 0 Å². The lowest BCUT2D eigenvalue weighted by Crippen LogP contribution is -2.33. The lowest BCUT2D eigenvalue weighted by molar-refractivity contribution is -0.128. The molecule has 1 aliphatic rings. The van der Waals surface area contributed by atoms with E-state index in [1.165, 1.54) is 22.1 Å². The molecule has 10 nitrogen and oxygen atoms in total. The molecule has 2 aromatic rings. The maximum absolute atomic E-state index is 11.9. The van der Waals surface area contributed by atoms with Gasteiger partial charge in [-0.2, -0.15) is 0 Å². The number of hydrogen-bond acceptors (Lipinski definition) is 8. The number of ether oxygens (including phenoxy) is 1. The van der Waals surface area contributed by atoms with Gasteiger partial charge < -0.3 is 25.0 Å². The van der Waals surface area contributed by atoms with Gasteiger partial charge >= 0.3 is 0 Å². The SMILES string of the molecule is CN(C)C(=O)Cc1ncnc2c1ncn2[C@@H]1O[C@H](CO)[C@@H](O)[C@H]1O. The predicted molar refractivity (Wildman–Crippen MR) is 80.7 cm³/mol. The first kappa shape index (κ1) is 16.7. The Balaban J connectivity index is 1.96. The molecule has 1 aliphatic heterocycles. The van der Waals surface area contributed by atoms with Gasteiger partial charge in [-0.1, -0.05) is 0 Å². The number of aliphatic hydroxyl groups excluding tert-OH is 3. The molecule has 0 aromatic carbocycles. The molecule has 130 valence electrons. The van der Waals surface area contributed by atoms with Crippen molar-refractivity contribution in [2.45, 2.75) is 31.0 Å². The van der Waals surface area contributed by atoms with E-state index >= 15 is 0 Å². The molecule has 0 unspecified atom stereocenters.